The highest BCUT2D eigenvalue weighted by Crippen LogP contribution is 2.23. The molecular formula is C11H11ClN4O. The van der Waals surface area contributed by atoms with Crippen LogP contribution >= 0.6 is 11.6 Å². The molecule has 0 bridgehead atoms. The summed E-state index contributed by atoms with van der Waals surface area (Å²) in [5.74, 6) is 0.172. The van der Waals surface area contributed by atoms with Crippen LogP contribution in [0.25, 0.3) is 10.9 Å². The number of likely N-dealkylation sites (N-methyl/N-ethyl adjacent to an activating group) is 1. The van der Waals surface area contributed by atoms with Gasteiger partial charge in [0.1, 0.15) is 5.82 Å². The van der Waals surface area contributed by atoms with Crippen molar-refractivity contribution in [3.8, 4) is 0 Å². The van der Waals surface area contributed by atoms with Crippen molar-refractivity contribution >= 4 is 34.2 Å². The highest BCUT2D eigenvalue weighted by Gasteiger charge is 2.11. The maximum absolute atomic E-state index is 10.9. The predicted octanol–water partition coefficient (Wildman–Crippen LogP) is 1.20. The van der Waals surface area contributed by atoms with Crippen LogP contribution in [0.1, 0.15) is 0 Å². The third kappa shape index (κ3) is 2.45. The fourth-order valence-corrected chi connectivity index (χ4v) is 1.80. The third-order valence-corrected chi connectivity index (χ3v) is 2.48. The number of benzene rings is 1. The van der Waals surface area contributed by atoms with Crippen LogP contribution in [0.15, 0.2) is 24.3 Å². The topological polar surface area (TPSA) is 72.1 Å². The van der Waals surface area contributed by atoms with Gasteiger partial charge in [-0.2, -0.15) is 4.98 Å². The summed E-state index contributed by atoms with van der Waals surface area (Å²) >= 11 is 5.84. The van der Waals surface area contributed by atoms with E-state index in [2.05, 4.69) is 9.97 Å². The lowest BCUT2D eigenvalue weighted by molar-refractivity contribution is -0.116. The minimum Gasteiger partial charge on any atom is -0.368 e. The number of fused-ring (bicyclic) bond motifs is 1. The summed E-state index contributed by atoms with van der Waals surface area (Å²) in [6, 6.07) is 7.45. The van der Waals surface area contributed by atoms with E-state index in [9.17, 15) is 4.79 Å². The first kappa shape index (κ1) is 11.6. The van der Waals surface area contributed by atoms with E-state index in [-0.39, 0.29) is 11.8 Å². The van der Waals surface area contributed by atoms with Gasteiger partial charge in [-0.1, -0.05) is 12.1 Å². The Hall–Kier alpha value is -1.88. The number of nitrogens with two attached hydrogens (primary N) is 1. The first-order valence-corrected chi connectivity index (χ1v) is 5.37. The Balaban J connectivity index is 2.55. The number of carbonyl (C=O) groups excluding carboxylic acids is 1. The normalized spacial score (nSPS) is 10.5. The smallest absolute Gasteiger partial charge is 0.236 e. The Morgan fingerprint density at radius 2 is 2.12 bits per heavy atom. The molecule has 1 aromatic carbocycles. The molecule has 1 aromatic heterocycles. The van der Waals surface area contributed by atoms with Gasteiger partial charge in [0.05, 0.1) is 12.1 Å². The van der Waals surface area contributed by atoms with Gasteiger partial charge in [0.15, 0.2) is 0 Å². The molecule has 6 heteroatoms. The minimum absolute atomic E-state index is 0.0807. The number of primary amides is 1. The fourth-order valence-electron chi connectivity index (χ4n) is 1.63. The van der Waals surface area contributed by atoms with E-state index in [0.717, 1.165) is 10.9 Å². The number of amides is 1. The maximum Gasteiger partial charge on any atom is 0.236 e. The zero-order valence-corrected chi connectivity index (χ0v) is 9.98. The summed E-state index contributed by atoms with van der Waals surface area (Å²) in [6.07, 6.45) is 0. The van der Waals surface area contributed by atoms with E-state index >= 15 is 0 Å². The first-order valence-electron chi connectivity index (χ1n) is 4.99. The Labute approximate surface area is 103 Å². The average Bonchev–Trinajstić information content (AvgIpc) is 2.26. The van der Waals surface area contributed by atoms with Gasteiger partial charge in [0.25, 0.3) is 0 Å². The van der Waals surface area contributed by atoms with Crippen LogP contribution in [0.5, 0.6) is 0 Å². The zero-order chi connectivity index (χ0) is 12.4. The van der Waals surface area contributed by atoms with Crippen LogP contribution in [-0.4, -0.2) is 29.5 Å². The largest absolute Gasteiger partial charge is 0.368 e. The van der Waals surface area contributed by atoms with Crippen molar-refractivity contribution in [3.63, 3.8) is 0 Å². The number of carbonyl (C=O) groups is 1. The molecule has 0 aliphatic heterocycles. The van der Waals surface area contributed by atoms with E-state index in [1.807, 2.05) is 24.3 Å². The van der Waals surface area contributed by atoms with E-state index in [1.54, 1.807) is 11.9 Å². The number of hydrogen-bond donors (Lipinski definition) is 1. The monoisotopic (exact) mass is 250 g/mol. The Morgan fingerprint density at radius 1 is 1.41 bits per heavy atom. The number of para-hydroxylation sites is 1. The van der Waals surface area contributed by atoms with Gasteiger partial charge in [-0.15, -0.1) is 0 Å². The summed E-state index contributed by atoms with van der Waals surface area (Å²) in [4.78, 5) is 20.8. The molecule has 88 valence electrons. The average molecular weight is 251 g/mol. The van der Waals surface area contributed by atoms with Crippen LogP contribution in [0.2, 0.25) is 5.28 Å². The maximum atomic E-state index is 10.9. The molecule has 0 spiro atoms. The second-order valence-electron chi connectivity index (χ2n) is 3.66. The number of rotatable bonds is 3. The molecule has 5 nitrogen and oxygen atoms in total. The van der Waals surface area contributed by atoms with Crippen LogP contribution in [0, 0.1) is 0 Å². The van der Waals surface area contributed by atoms with Crippen molar-refractivity contribution in [2.45, 2.75) is 0 Å². The number of anilines is 1. The Bertz CT molecular complexity index is 572. The van der Waals surface area contributed by atoms with Crippen molar-refractivity contribution in [3.05, 3.63) is 29.5 Å². The molecule has 2 rings (SSSR count). The zero-order valence-electron chi connectivity index (χ0n) is 9.22. The molecule has 0 aliphatic carbocycles. The van der Waals surface area contributed by atoms with E-state index in [1.165, 1.54) is 0 Å². The molecule has 0 unspecified atom stereocenters. The number of nitrogens with zero attached hydrogens (tertiary/aromatic N) is 3. The molecule has 2 aromatic rings. The highest BCUT2D eigenvalue weighted by atomic mass is 35.5. The predicted molar refractivity (Wildman–Crippen MR) is 67.0 cm³/mol. The molecule has 0 atom stereocenters. The first-order chi connectivity index (χ1) is 8.08. The van der Waals surface area contributed by atoms with Gasteiger partial charge in [0, 0.05) is 12.4 Å². The number of halogens is 1. The molecule has 0 fully saturated rings. The van der Waals surface area contributed by atoms with Gasteiger partial charge in [-0.05, 0) is 23.7 Å². The van der Waals surface area contributed by atoms with Crippen molar-refractivity contribution in [1.82, 2.24) is 9.97 Å². The van der Waals surface area contributed by atoms with Gasteiger partial charge < -0.3 is 10.6 Å². The summed E-state index contributed by atoms with van der Waals surface area (Å²) in [5, 5.41) is 0.982. The van der Waals surface area contributed by atoms with Gasteiger partial charge in [0.2, 0.25) is 11.2 Å². The molecular weight excluding hydrogens is 240 g/mol. The summed E-state index contributed by atoms with van der Waals surface area (Å²) in [6.45, 7) is 0.0807. The fraction of sp³-hybridized carbons (Fsp3) is 0.182. The molecule has 0 saturated heterocycles. The second-order valence-corrected chi connectivity index (χ2v) is 3.99. The quantitative estimate of drug-likeness (QED) is 0.831. The van der Waals surface area contributed by atoms with Crippen molar-refractivity contribution in [2.24, 2.45) is 5.73 Å². The second kappa shape index (κ2) is 4.55. The van der Waals surface area contributed by atoms with E-state index in [0.29, 0.717) is 5.82 Å². The molecule has 2 N–H and O–H groups in total. The van der Waals surface area contributed by atoms with Gasteiger partial charge in [-0.25, -0.2) is 4.98 Å². The van der Waals surface area contributed by atoms with Crippen LogP contribution in [0.4, 0.5) is 5.82 Å². The molecule has 1 heterocycles. The summed E-state index contributed by atoms with van der Waals surface area (Å²) in [7, 11) is 1.73. The Morgan fingerprint density at radius 3 is 2.82 bits per heavy atom. The molecule has 0 radical (unpaired) electrons. The molecule has 17 heavy (non-hydrogen) atoms. The summed E-state index contributed by atoms with van der Waals surface area (Å²) < 4.78 is 0. The third-order valence-electron chi connectivity index (χ3n) is 2.31. The van der Waals surface area contributed by atoms with Crippen LogP contribution in [-0.2, 0) is 4.79 Å². The van der Waals surface area contributed by atoms with Crippen molar-refractivity contribution < 1.29 is 4.79 Å². The van der Waals surface area contributed by atoms with E-state index < -0.39 is 5.91 Å². The molecule has 0 saturated carbocycles. The highest BCUT2D eigenvalue weighted by molar-refractivity contribution is 6.28. The standard InChI is InChI=1S/C11H11ClN4O/c1-16(6-9(13)17)10-7-4-2-3-5-8(7)14-11(12)15-10/h2-5H,6H2,1H3,(H2,13,17). The summed E-state index contributed by atoms with van der Waals surface area (Å²) in [5.41, 5.74) is 5.89. The van der Waals surface area contributed by atoms with E-state index in [4.69, 9.17) is 17.3 Å². The van der Waals surface area contributed by atoms with Crippen LogP contribution in [0.3, 0.4) is 0 Å². The van der Waals surface area contributed by atoms with Crippen molar-refractivity contribution in [2.75, 3.05) is 18.5 Å². The number of aromatic nitrogens is 2. The minimum atomic E-state index is -0.425. The van der Waals surface area contributed by atoms with Crippen molar-refractivity contribution in [1.29, 1.82) is 0 Å². The lowest BCUT2D eigenvalue weighted by Crippen LogP contribution is -2.31. The van der Waals surface area contributed by atoms with Crippen LogP contribution < -0.4 is 10.6 Å². The lowest BCUT2D eigenvalue weighted by atomic mass is 10.2. The molecule has 0 aliphatic rings. The van der Waals surface area contributed by atoms with Gasteiger partial charge >= 0.3 is 0 Å². The van der Waals surface area contributed by atoms with Gasteiger partial charge in [-0.3, -0.25) is 4.79 Å². The Kier molecular flexibility index (Phi) is 3.10. The number of hydrogen-bond acceptors (Lipinski definition) is 4. The lowest BCUT2D eigenvalue weighted by Gasteiger charge is -2.17. The molecule has 1 amide bonds. The SMILES string of the molecule is CN(CC(N)=O)c1nc(Cl)nc2ccccc12.